The average molecular weight is 825 g/mol. The second-order valence-corrected chi connectivity index (χ2v) is 17.7. The smallest absolute Gasteiger partial charge is 0.334 e. The summed E-state index contributed by atoms with van der Waals surface area (Å²) >= 11 is 0. The highest BCUT2D eigenvalue weighted by atomic mass is 16.5. The predicted molar refractivity (Wildman–Crippen MR) is 251 cm³/mol. The zero-order valence-electron chi connectivity index (χ0n) is 39.8. The third-order valence-electron chi connectivity index (χ3n) is 11.7. The van der Waals surface area contributed by atoms with Crippen LogP contribution in [0.15, 0.2) is 0 Å². The summed E-state index contributed by atoms with van der Waals surface area (Å²) < 4.78 is 10.4. The topological polar surface area (TPSA) is 93.1 Å². The molecule has 348 valence electrons. The van der Waals surface area contributed by atoms with Crippen LogP contribution in [0.4, 0.5) is 0 Å². The van der Waals surface area contributed by atoms with Gasteiger partial charge in [-0.2, -0.15) is 0 Å². The zero-order valence-corrected chi connectivity index (χ0v) is 39.8. The summed E-state index contributed by atoms with van der Waals surface area (Å²) in [6, 6.07) is 0. The molecule has 0 bridgehead atoms. The van der Waals surface area contributed by atoms with Gasteiger partial charge in [0, 0.05) is 0 Å². The summed E-state index contributed by atoms with van der Waals surface area (Å²) in [6.45, 7) is 9.88. The van der Waals surface area contributed by atoms with Crippen LogP contribution in [-0.4, -0.2) is 47.6 Å². The van der Waals surface area contributed by atoms with Gasteiger partial charge in [-0.1, -0.05) is 272 Å². The van der Waals surface area contributed by atoms with Crippen molar-refractivity contribution in [3.05, 3.63) is 0 Å². The van der Waals surface area contributed by atoms with Crippen LogP contribution in [0.25, 0.3) is 0 Å². The van der Waals surface area contributed by atoms with E-state index >= 15 is 0 Å². The monoisotopic (exact) mass is 825 g/mol. The van der Waals surface area contributed by atoms with Gasteiger partial charge in [0.2, 0.25) is 0 Å². The fourth-order valence-electron chi connectivity index (χ4n) is 7.60. The Bertz CT molecular complexity index is 724. The first kappa shape index (κ1) is 59.0. The molecule has 6 heteroatoms. The SMILES string of the molecule is CCCCCCCCCCCCCCCCC(O)C(=O)OCCCCCCCC.CCCCCCCCCCCCCCCCC(O)C(=O)OCCCCCCCC. The Hall–Kier alpha value is -1.14. The molecule has 0 radical (unpaired) electrons. The lowest BCUT2D eigenvalue weighted by Gasteiger charge is -2.10. The number of ether oxygens (including phenoxy) is 2. The van der Waals surface area contributed by atoms with E-state index in [-0.39, 0.29) is 0 Å². The number of unbranched alkanes of at least 4 members (excludes halogenated alkanes) is 36. The normalized spacial score (nSPS) is 12.2. The molecule has 58 heavy (non-hydrogen) atoms. The minimum atomic E-state index is -0.924. The Morgan fingerprint density at radius 3 is 0.672 bits per heavy atom. The summed E-state index contributed by atoms with van der Waals surface area (Å²) in [4.78, 5) is 23.5. The van der Waals surface area contributed by atoms with Crippen LogP contribution >= 0.6 is 0 Å². The Morgan fingerprint density at radius 1 is 0.293 bits per heavy atom. The molecule has 0 rings (SSSR count). The van der Waals surface area contributed by atoms with Crippen LogP contribution in [-0.2, 0) is 19.1 Å². The molecule has 0 aromatic heterocycles. The molecular formula is C52H104O6. The average Bonchev–Trinajstić information content (AvgIpc) is 3.23. The minimum absolute atomic E-state index is 0.423. The lowest BCUT2D eigenvalue weighted by Crippen LogP contribution is -2.23. The van der Waals surface area contributed by atoms with E-state index in [1.807, 2.05) is 0 Å². The summed E-state index contributed by atoms with van der Waals surface area (Å²) in [6.07, 6.45) is 50.2. The summed E-state index contributed by atoms with van der Waals surface area (Å²) in [5.41, 5.74) is 0. The van der Waals surface area contributed by atoms with E-state index < -0.39 is 24.1 Å². The lowest BCUT2D eigenvalue weighted by atomic mass is 10.0. The van der Waals surface area contributed by atoms with Crippen molar-refractivity contribution < 1.29 is 29.3 Å². The van der Waals surface area contributed by atoms with Gasteiger partial charge in [0.25, 0.3) is 0 Å². The molecule has 2 atom stereocenters. The van der Waals surface area contributed by atoms with Crippen LogP contribution < -0.4 is 0 Å². The van der Waals surface area contributed by atoms with Crippen molar-refractivity contribution in [2.45, 2.75) is 310 Å². The van der Waals surface area contributed by atoms with Gasteiger partial charge < -0.3 is 19.7 Å². The molecule has 2 unspecified atom stereocenters. The third kappa shape index (κ3) is 49.2. The molecule has 0 saturated heterocycles. The van der Waals surface area contributed by atoms with E-state index in [4.69, 9.17) is 9.47 Å². The van der Waals surface area contributed by atoms with Gasteiger partial charge in [-0.05, 0) is 25.7 Å². The van der Waals surface area contributed by atoms with Gasteiger partial charge in [-0.3, -0.25) is 0 Å². The molecular weight excluding hydrogens is 721 g/mol. The number of hydrogen-bond acceptors (Lipinski definition) is 6. The minimum Gasteiger partial charge on any atom is -0.464 e. The third-order valence-corrected chi connectivity index (χ3v) is 11.7. The van der Waals surface area contributed by atoms with E-state index in [0.29, 0.717) is 26.1 Å². The molecule has 0 heterocycles. The number of rotatable bonds is 46. The van der Waals surface area contributed by atoms with Crippen molar-refractivity contribution in [2.24, 2.45) is 0 Å². The van der Waals surface area contributed by atoms with Crippen molar-refractivity contribution in [2.75, 3.05) is 13.2 Å². The van der Waals surface area contributed by atoms with Crippen LogP contribution in [0.3, 0.4) is 0 Å². The number of aliphatic hydroxyl groups is 2. The highest BCUT2D eigenvalue weighted by Gasteiger charge is 2.16. The maximum absolute atomic E-state index is 11.8. The van der Waals surface area contributed by atoms with Gasteiger partial charge in [0.05, 0.1) is 13.2 Å². The first-order valence-electron chi connectivity index (χ1n) is 26.1. The largest absolute Gasteiger partial charge is 0.464 e. The number of esters is 2. The Labute approximate surface area is 362 Å². The molecule has 0 aliphatic carbocycles. The molecule has 0 aromatic carbocycles. The molecule has 0 spiro atoms. The summed E-state index contributed by atoms with van der Waals surface area (Å²) in [5, 5.41) is 19.8. The molecule has 0 aliphatic heterocycles. The second kappa shape index (κ2) is 52.0. The van der Waals surface area contributed by atoms with Crippen LogP contribution in [0.2, 0.25) is 0 Å². The first-order chi connectivity index (χ1) is 28.4. The highest BCUT2D eigenvalue weighted by Crippen LogP contribution is 2.16. The van der Waals surface area contributed by atoms with Crippen molar-refractivity contribution >= 4 is 11.9 Å². The number of carbonyl (C=O) groups excluding carboxylic acids is 2. The van der Waals surface area contributed by atoms with Crippen LogP contribution in [0, 0.1) is 0 Å². The number of aliphatic hydroxyl groups excluding tert-OH is 2. The maximum Gasteiger partial charge on any atom is 0.334 e. The Balaban J connectivity index is 0. The van der Waals surface area contributed by atoms with Crippen molar-refractivity contribution in [3.8, 4) is 0 Å². The number of carbonyl (C=O) groups is 2. The van der Waals surface area contributed by atoms with Gasteiger partial charge in [-0.25, -0.2) is 9.59 Å². The van der Waals surface area contributed by atoms with Crippen molar-refractivity contribution in [1.82, 2.24) is 0 Å². The van der Waals surface area contributed by atoms with Crippen LogP contribution in [0.5, 0.6) is 0 Å². The van der Waals surface area contributed by atoms with E-state index in [1.165, 1.54) is 205 Å². The predicted octanol–water partition coefficient (Wildman–Crippen LogP) is 16.2. The Morgan fingerprint density at radius 2 is 0.466 bits per heavy atom. The molecule has 0 fully saturated rings. The first-order valence-corrected chi connectivity index (χ1v) is 26.1. The fourth-order valence-corrected chi connectivity index (χ4v) is 7.60. The van der Waals surface area contributed by atoms with E-state index in [0.717, 1.165) is 51.4 Å². The molecule has 0 aliphatic rings. The van der Waals surface area contributed by atoms with Crippen molar-refractivity contribution in [3.63, 3.8) is 0 Å². The van der Waals surface area contributed by atoms with Gasteiger partial charge in [0.15, 0.2) is 12.2 Å². The summed E-state index contributed by atoms with van der Waals surface area (Å²) in [5.74, 6) is -0.846. The number of hydrogen-bond donors (Lipinski definition) is 2. The van der Waals surface area contributed by atoms with Gasteiger partial charge in [0.1, 0.15) is 0 Å². The molecule has 0 amide bonds. The highest BCUT2D eigenvalue weighted by molar-refractivity contribution is 5.74. The lowest BCUT2D eigenvalue weighted by molar-refractivity contribution is -0.154. The molecule has 0 aromatic rings. The van der Waals surface area contributed by atoms with E-state index in [9.17, 15) is 19.8 Å². The molecule has 6 nitrogen and oxygen atoms in total. The van der Waals surface area contributed by atoms with Crippen LogP contribution in [0.1, 0.15) is 297 Å². The molecule has 2 N–H and O–H groups in total. The summed E-state index contributed by atoms with van der Waals surface area (Å²) in [7, 11) is 0. The maximum atomic E-state index is 11.8. The van der Waals surface area contributed by atoms with E-state index in [1.54, 1.807) is 0 Å². The van der Waals surface area contributed by atoms with Gasteiger partial charge in [-0.15, -0.1) is 0 Å². The van der Waals surface area contributed by atoms with Crippen molar-refractivity contribution in [1.29, 1.82) is 0 Å². The zero-order chi connectivity index (χ0) is 42.8. The second-order valence-electron chi connectivity index (χ2n) is 17.7. The van der Waals surface area contributed by atoms with Gasteiger partial charge >= 0.3 is 11.9 Å². The van der Waals surface area contributed by atoms with E-state index in [2.05, 4.69) is 27.7 Å². The quantitative estimate of drug-likeness (QED) is 0.0469. The molecule has 0 saturated carbocycles. The Kier molecular flexibility index (Phi) is 52.9. The fraction of sp³-hybridized carbons (Fsp3) is 0.962. The standard InChI is InChI=1S/2C26H52O3/c2*1-3-5-7-9-11-12-13-14-15-16-17-18-19-21-23-25(27)26(28)29-24-22-20-10-8-6-4-2/h2*25,27H,3-24H2,1-2H3.